The number of hydrogen-bond acceptors (Lipinski definition) is 6. The molecule has 1 saturated heterocycles. The molecule has 0 aromatic carbocycles. The number of H-pyrrole nitrogens is 1. The summed E-state index contributed by atoms with van der Waals surface area (Å²) in [5, 5.41) is 0. The van der Waals surface area contributed by atoms with E-state index >= 15 is 0 Å². The molecule has 1 aliphatic rings. The molecule has 2 unspecified atom stereocenters. The van der Waals surface area contributed by atoms with Gasteiger partial charge in [0.2, 0.25) is 0 Å². The molecule has 0 saturated carbocycles. The van der Waals surface area contributed by atoms with Crippen LogP contribution in [0.15, 0.2) is 15.8 Å². The summed E-state index contributed by atoms with van der Waals surface area (Å²) in [6.45, 7) is 0.868. The van der Waals surface area contributed by atoms with Crippen LogP contribution >= 0.6 is 0 Å². The van der Waals surface area contributed by atoms with Crippen LogP contribution in [0, 0.1) is 0 Å². The number of rotatable bonds is 7. The van der Waals surface area contributed by atoms with Crippen molar-refractivity contribution >= 4 is 0 Å². The minimum absolute atomic E-state index is 0.156. The van der Waals surface area contributed by atoms with Gasteiger partial charge < -0.3 is 19.9 Å². The van der Waals surface area contributed by atoms with Crippen LogP contribution in [0.2, 0.25) is 0 Å². The molecule has 0 spiro atoms. The summed E-state index contributed by atoms with van der Waals surface area (Å²) in [5.41, 5.74) is 5.14. The molecule has 22 heavy (non-hydrogen) atoms. The molecular formula is C14H23N3O5. The fourth-order valence-corrected chi connectivity index (χ4v) is 2.65. The van der Waals surface area contributed by atoms with E-state index in [-0.39, 0.29) is 17.8 Å². The SMILES string of the molecule is COC[C@H]1OC(n2cc(CCCN)c(=O)[nH]c2=O)CC1OC. The minimum atomic E-state index is -0.487. The number of aromatic amines is 1. The van der Waals surface area contributed by atoms with Crippen molar-refractivity contribution in [3.8, 4) is 0 Å². The van der Waals surface area contributed by atoms with E-state index in [1.165, 1.54) is 4.57 Å². The second-order valence-corrected chi connectivity index (χ2v) is 5.31. The van der Waals surface area contributed by atoms with Gasteiger partial charge in [0.1, 0.15) is 12.3 Å². The fourth-order valence-electron chi connectivity index (χ4n) is 2.65. The van der Waals surface area contributed by atoms with Crippen molar-refractivity contribution in [2.75, 3.05) is 27.4 Å². The first kappa shape index (κ1) is 16.9. The summed E-state index contributed by atoms with van der Waals surface area (Å²) in [7, 11) is 3.18. The van der Waals surface area contributed by atoms with Gasteiger partial charge in [-0.25, -0.2) is 4.79 Å². The van der Waals surface area contributed by atoms with E-state index in [1.54, 1.807) is 20.4 Å². The molecule has 8 nitrogen and oxygen atoms in total. The van der Waals surface area contributed by atoms with Crippen LogP contribution in [0.25, 0.3) is 0 Å². The highest BCUT2D eigenvalue weighted by Gasteiger charge is 2.36. The number of nitrogens with one attached hydrogen (secondary N) is 1. The van der Waals surface area contributed by atoms with Gasteiger partial charge in [-0.3, -0.25) is 14.3 Å². The maximum Gasteiger partial charge on any atom is 0.330 e. The van der Waals surface area contributed by atoms with Gasteiger partial charge in [0.15, 0.2) is 0 Å². The van der Waals surface area contributed by atoms with Crippen molar-refractivity contribution in [3.05, 3.63) is 32.6 Å². The largest absolute Gasteiger partial charge is 0.382 e. The Morgan fingerprint density at radius 1 is 1.45 bits per heavy atom. The minimum Gasteiger partial charge on any atom is -0.382 e. The van der Waals surface area contributed by atoms with Crippen LogP contribution in [0.3, 0.4) is 0 Å². The second kappa shape index (κ2) is 7.68. The van der Waals surface area contributed by atoms with Crippen LogP contribution < -0.4 is 17.0 Å². The van der Waals surface area contributed by atoms with Crippen LogP contribution in [0.4, 0.5) is 0 Å². The van der Waals surface area contributed by atoms with Crippen molar-refractivity contribution in [1.82, 2.24) is 9.55 Å². The Kier molecular flexibility index (Phi) is 5.90. The molecule has 0 bridgehead atoms. The third-order valence-corrected chi connectivity index (χ3v) is 3.82. The van der Waals surface area contributed by atoms with Crippen molar-refractivity contribution in [2.24, 2.45) is 5.73 Å². The van der Waals surface area contributed by atoms with Crippen LogP contribution in [-0.4, -0.2) is 49.1 Å². The normalized spacial score (nSPS) is 24.8. The standard InChI is InChI=1S/C14H23N3O5/c1-20-8-11-10(21-2)6-12(22-11)17-7-9(4-3-5-15)13(18)16-14(17)19/h7,10-12H,3-6,8,15H2,1-2H3,(H,16,18,19)/t10?,11-,12?/m1/s1. The summed E-state index contributed by atoms with van der Waals surface area (Å²) in [5.74, 6) is 0. The van der Waals surface area contributed by atoms with Crippen molar-refractivity contribution in [3.63, 3.8) is 0 Å². The summed E-state index contributed by atoms with van der Waals surface area (Å²) in [6.07, 6.45) is 2.40. The first-order valence-corrected chi connectivity index (χ1v) is 7.32. The number of methoxy groups -OCH3 is 2. The zero-order valence-corrected chi connectivity index (χ0v) is 12.9. The Labute approximate surface area is 128 Å². The van der Waals surface area contributed by atoms with Crippen molar-refractivity contribution in [2.45, 2.75) is 37.7 Å². The molecule has 124 valence electrons. The van der Waals surface area contributed by atoms with Crippen LogP contribution in [-0.2, 0) is 20.6 Å². The molecule has 2 rings (SSSR count). The van der Waals surface area contributed by atoms with E-state index < -0.39 is 11.9 Å². The van der Waals surface area contributed by atoms with Gasteiger partial charge in [-0.1, -0.05) is 0 Å². The Morgan fingerprint density at radius 2 is 2.23 bits per heavy atom. The Morgan fingerprint density at radius 3 is 2.86 bits per heavy atom. The molecule has 3 atom stereocenters. The van der Waals surface area contributed by atoms with E-state index in [0.29, 0.717) is 38.0 Å². The maximum atomic E-state index is 12.0. The lowest BCUT2D eigenvalue weighted by molar-refractivity contribution is -0.0618. The lowest BCUT2D eigenvalue weighted by Crippen LogP contribution is -2.34. The quantitative estimate of drug-likeness (QED) is 0.694. The van der Waals surface area contributed by atoms with E-state index in [4.69, 9.17) is 19.9 Å². The fraction of sp³-hybridized carbons (Fsp3) is 0.714. The zero-order chi connectivity index (χ0) is 16.1. The second-order valence-electron chi connectivity index (χ2n) is 5.31. The Bertz CT molecular complexity index is 597. The lowest BCUT2D eigenvalue weighted by Gasteiger charge is -2.16. The average molecular weight is 313 g/mol. The molecule has 1 aromatic rings. The van der Waals surface area contributed by atoms with E-state index in [2.05, 4.69) is 4.98 Å². The first-order valence-electron chi connectivity index (χ1n) is 7.32. The summed E-state index contributed by atoms with van der Waals surface area (Å²) >= 11 is 0. The number of aryl methyl sites for hydroxylation is 1. The van der Waals surface area contributed by atoms with Gasteiger partial charge in [0.25, 0.3) is 5.56 Å². The topological polar surface area (TPSA) is 109 Å². The van der Waals surface area contributed by atoms with E-state index in [9.17, 15) is 9.59 Å². The average Bonchev–Trinajstić information content (AvgIpc) is 2.89. The van der Waals surface area contributed by atoms with Crippen molar-refractivity contribution < 1.29 is 14.2 Å². The van der Waals surface area contributed by atoms with Gasteiger partial charge in [-0.15, -0.1) is 0 Å². The highest BCUT2D eigenvalue weighted by atomic mass is 16.6. The highest BCUT2D eigenvalue weighted by Crippen LogP contribution is 2.29. The molecule has 0 amide bonds. The molecule has 0 radical (unpaired) electrons. The van der Waals surface area contributed by atoms with Crippen LogP contribution in [0.5, 0.6) is 0 Å². The molecule has 2 heterocycles. The number of aromatic nitrogens is 2. The van der Waals surface area contributed by atoms with Gasteiger partial charge in [0.05, 0.1) is 12.7 Å². The Balaban J connectivity index is 2.25. The predicted octanol–water partition coefficient (Wildman–Crippen LogP) is -0.623. The van der Waals surface area contributed by atoms with Gasteiger partial charge in [-0.05, 0) is 19.4 Å². The molecule has 0 aliphatic carbocycles. The number of nitrogens with two attached hydrogens (primary N) is 1. The number of ether oxygens (including phenoxy) is 3. The molecule has 1 aromatic heterocycles. The van der Waals surface area contributed by atoms with Crippen molar-refractivity contribution in [1.29, 1.82) is 0 Å². The third kappa shape index (κ3) is 3.64. The first-order chi connectivity index (χ1) is 10.6. The monoisotopic (exact) mass is 313 g/mol. The molecule has 1 fully saturated rings. The van der Waals surface area contributed by atoms with Gasteiger partial charge >= 0.3 is 5.69 Å². The Hall–Kier alpha value is -1.48. The molecule has 8 heteroatoms. The van der Waals surface area contributed by atoms with Crippen LogP contribution in [0.1, 0.15) is 24.6 Å². The van der Waals surface area contributed by atoms with Gasteiger partial charge in [0, 0.05) is 32.4 Å². The van der Waals surface area contributed by atoms with E-state index in [1.807, 2.05) is 0 Å². The highest BCUT2D eigenvalue weighted by molar-refractivity contribution is 5.05. The zero-order valence-electron chi connectivity index (χ0n) is 12.9. The van der Waals surface area contributed by atoms with Gasteiger partial charge in [-0.2, -0.15) is 0 Å². The smallest absolute Gasteiger partial charge is 0.330 e. The third-order valence-electron chi connectivity index (χ3n) is 3.82. The predicted molar refractivity (Wildman–Crippen MR) is 79.9 cm³/mol. The van der Waals surface area contributed by atoms with E-state index in [0.717, 1.165) is 0 Å². The summed E-state index contributed by atoms with van der Waals surface area (Å²) < 4.78 is 17.7. The molecular weight excluding hydrogens is 290 g/mol. The number of nitrogens with zero attached hydrogens (tertiary/aromatic N) is 1. The number of hydrogen-bond donors (Lipinski definition) is 2. The summed E-state index contributed by atoms with van der Waals surface area (Å²) in [4.78, 5) is 26.2. The maximum absolute atomic E-state index is 12.0. The summed E-state index contributed by atoms with van der Waals surface area (Å²) in [6, 6.07) is 0. The molecule has 3 N–H and O–H groups in total. The lowest BCUT2D eigenvalue weighted by atomic mass is 10.1. The molecule has 1 aliphatic heterocycles.